The molecule has 0 aliphatic rings. The average Bonchev–Trinajstić information content (AvgIpc) is 3.22. The summed E-state index contributed by atoms with van der Waals surface area (Å²) in [6.07, 6.45) is 55.6. The van der Waals surface area contributed by atoms with Gasteiger partial charge < -0.3 is 20.3 Å². The van der Waals surface area contributed by atoms with E-state index in [2.05, 4.69) is 50.4 Å². The van der Waals surface area contributed by atoms with Crippen LogP contribution in [-0.2, 0) is 14.3 Å². The molecule has 3 atom stereocenters. The van der Waals surface area contributed by atoms with Crippen LogP contribution in [0.1, 0.15) is 233 Å². The van der Waals surface area contributed by atoms with Crippen molar-refractivity contribution in [1.29, 1.82) is 0 Å². The van der Waals surface area contributed by atoms with Crippen LogP contribution in [0.5, 0.6) is 0 Å². The highest BCUT2D eigenvalue weighted by Gasteiger charge is 2.24. The van der Waals surface area contributed by atoms with Crippen molar-refractivity contribution in [1.82, 2.24) is 5.32 Å². The predicted octanol–water partition coefficient (Wildman–Crippen LogP) is 14.5. The molecule has 0 heterocycles. The first-order chi connectivity index (χ1) is 28.5. The van der Waals surface area contributed by atoms with Gasteiger partial charge in [-0.3, -0.25) is 9.59 Å². The minimum absolute atomic E-state index is 0.0608. The summed E-state index contributed by atoms with van der Waals surface area (Å²) in [6, 6.07) is -0.708. The molecule has 0 aromatic rings. The summed E-state index contributed by atoms with van der Waals surface area (Å²) in [5.74, 6) is -0.520. The van der Waals surface area contributed by atoms with E-state index in [4.69, 9.17) is 4.74 Å². The van der Waals surface area contributed by atoms with Crippen LogP contribution in [0.3, 0.4) is 0 Å². The lowest BCUT2D eigenvalue weighted by atomic mass is 10.0. The third kappa shape index (κ3) is 40.3. The maximum Gasteiger partial charge on any atom is 0.306 e. The molecule has 0 radical (unpaired) electrons. The molecule has 6 heteroatoms. The molecule has 0 spiro atoms. The molecule has 6 nitrogen and oxygen atoms in total. The van der Waals surface area contributed by atoms with Crippen molar-refractivity contribution in [3.05, 3.63) is 60.8 Å². The fraction of sp³-hybridized carbons (Fsp3) is 0.769. The van der Waals surface area contributed by atoms with Crippen LogP contribution in [0, 0.1) is 0 Å². The van der Waals surface area contributed by atoms with E-state index in [0.29, 0.717) is 19.3 Å². The molecule has 0 rings (SSSR count). The number of hydrogen-bond donors (Lipinski definition) is 3. The molecule has 58 heavy (non-hydrogen) atoms. The zero-order valence-corrected chi connectivity index (χ0v) is 38.2. The maximum absolute atomic E-state index is 13.2. The predicted molar refractivity (Wildman–Crippen MR) is 250 cm³/mol. The molecule has 0 aromatic carbocycles. The third-order valence-electron chi connectivity index (χ3n) is 11.0. The number of carbonyl (C=O) groups is 2. The summed E-state index contributed by atoms with van der Waals surface area (Å²) in [6.45, 7) is 6.31. The fourth-order valence-electron chi connectivity index (χ4n) is 7.27. The van der Waals surface area contributed by atoms with Crippen LogP contribution < -0.4 is 5.32 Å². The summed E-state index contributed by atoms with van der Waals surface area (Å²) >= 11 is 0. The van der Waals surface area contributed by atoms with Gasteiger partial charge in [-0.15, -0.1) is 0 Å². The number of hydrogen-bond acceptors (Lipinski definition) is 5. The van der Waals surface area contributed by atoms with Gasteiger partial charge in [0.05, 0.1) is 25.2 Å². The molecule has 1 amide bonds. The Morgan fingerprint density at radius 2 is 0.931 bits per heavy atom. The Kier molecular flexibility index (Phi) is 43.7. The van der Waals surface area contributed by atoms with E-state index in [-0.39, 0.29) is 24.9 Å². The van der Waals surface area contributed by atoms with Crippen LogP contribution in [0.2, 0.25) is 0 Å². The number of carbonyl (C=O) groups excluding carboxylic acids is 2. The summed E-state index contributed by atoms with van der Waals surface area (Å²) in [5, 5.41) is 23.6. The summed E-state index contributed by atoms with van der Waals surface area (Å²) in [4.78, 5) is 26.1. The lowest BCUT2D eigenvalue weighted by Crippen LogP contribution is -2.46. The van der Waals surface area contributed by atoms with Crippen LogP contribution in [0.25, 0.3) is 0 Å². The molecular weight excluding hydrogens is 719 g/mol. The number of allylic oxidation sites excluding steroid dienone is 10. The molecule has 0 aliphatic heterocycles. The highest BCUT2D eigenvalue weighted by atomic mass is 16.5. The minimum atomic E-state index is -0.793. The van der Waals surface area contributed by atoms with Crippen molar-refractivity contribution < 1.29 is 24.5 Å². The van der Waals surface area contributed by atoms with E-state index in [1.54, 1.807) is 0 Å². The van der Waals surface area contributed by atoms with Gasteiger partial charge in [0.1, 0.15) is 6.10 Å². The average molecular weight is 812 g/mol. The van der Waals surface area contributed by atoms with Gasteiger partial charge in [0.25, 0.3) is 0 Å². The Bertz CT molecular complexity index is 1050. The standard InChI is InChI=1S/C52H93NO5/c1-4-7-10-13-16-19-21-23-25-27-29-32-34-37-40-43-48(46-51(56)53-49(47-54)50(55)44-41-38-35-31-18-15-12-9-6-3)58-52(57)45-42-39-36-33-30-28-26-24-22-20-17-14-11-8-5-2/h8,11,14,17,20,22,24,26,28,30,48-50,54-55H,4-7,9-10,12-13,15-16,18-19,21,23,25,27,29,31-47H2,1-3H3,(H,53,56)/b11-8+,17-14+,22-20-,26-24-,30-28+. The van der Waals surface area contributed by atoms with Gasteiger partial charge in [-0.05, 0) is 44.9 Å². The maximum atomic E-state index is 13.2. The van der Waals surface area contributed by atoms with Crippen LogP contribution in [0.15, 0.2) is 60.8 Å². The quantitative estimate of drug-likeness (QED) is 0.0324. The number of aliphatic hydroxyl groups is 2. The van der Waals surface area contributed by atoms with Gasteiger partial charge >= 0.3 is 5.97 Å². The first kappa shape index (κ1) is 55.6. The monoisotopic (exact) mass is 812 g/mol. The molecule has 0 aliphatic carbocycles. The number of ether oxygens (including phenoxy) is 1. The third-order valence-corrected chi connectivity index (χ3v) is 11.0. The molecular formula is C52H93NO5. The highest BCUT2D eigenvalue weighted by Crippen LogP contribution is 2.18. The molecule has 3 unspecified atom stereocenters. The Morgan fingerprint density at radius 3 is 1.40 bits per heavy atom. The van der Waals surface area contributed by atoms with Crippen molar-refractivity contribution in [2.75, 3.05) is 6.61 Å². The fourth-order valence-corrected chi connectivity index (χ4v) is 7.27. The summed E-state index contributed by atoms with van der Waals surface area (Å²) < 4.78 is 5.91. The van der Waals surface area contributed by atoms with Gasteiger partial charge in [0, 0.05) is 6.42 Å². The number of aliphatic hydroxyl groups excluding tert-OH is 2. The Balaban J connectivity index is 4.66. The highest BCUT2D eigenvalue weighted by molar-refractivity contribution is 5.77. The zero-order valence-electron chi connectivity index (χ0n) is 38.2. The lowest BCUT2D eigenvalue weighted by molar-refractivity contribution is -0.151. The van der Waals surface area contributed by atoms with Crippen LogP contribution >= 0.6 is 0 Å². The minimum Gasteiger partial charge on any atom is -0.462 e. The first-order valence-corrected chi connectivity index (χ1v) is 24.6. The van der Waals surface area contributed by atoms with Crippen molar-refractivity contribution in [3.8, 4) is 0 Å². The number of rotatable bonds is 43. The van der Waals surface area contributed by atoms with E-state index in [1.165, 1.54) is 116 Å². The molecule has 0 saturated carbocycles. The number of amides is 1. The number of unbranched alkanes of at least 4 members (excludes halogenated alkanes) is 25. The second-order valence-corrected chi connectivity index (χ2v) is 16.6. The van der Waals surface area contributed by atoms with E-state index < -0.39 is 18.2 Å². The van der Waals surface area contributed by atoms with E-state index >= 15 is 0 Å². The molecule has 0 fully saturated rings. The largest absolute Gasteiger partial charge is 0.462 e. The smallest absolute Gasteiger partial charge is 0.306 e. The number of nitrogens with one attached hydrogen (secondary N) is 1. The Hall–Kier alpha value is -2.44. The van der Waals surface area contributed by atoms with E-state index in [1.807, 2.05) is 36.5 Å². The van der Waals surface area contributed by atoms with Gasteiger partial charge in [0.15, 0.2) is 0 Å². The van der Waals surface area contributed by atoms with Crippen LogP contribution in [0.4, 0.5) is 0 Å². The number of esters is 1. The summed E-state index contributed by atoms with van der Waals surface area (Å²) in [7, 11) is 0. The van der Waals surface area contributed by atoms with E-state index in [0.717, 1.165) is 70.6 Å². The molecule has 0 aromatic heterocycles. The second kappa shape index (κ2) is 45.6. The zero-order chi connectivity index (χ0) is 42.4. The summed E-state index contributed by atoms with van der Waals surface area (Å²) in [5.41, 5.74) is 0. The van der Waals surface area contributed by atoms with Gasteiger partial charge in [-0.25, -0.2) is 0 Å². The lowest BCUT2D eigenvalue weighted by Gasteiger charge is -2.24. The Morgan fingerprint density at radius 1 is 0.517 bits per heavy atom. The SMILES string of the molecule is CC/C=C/C=C/C=C\C=C/C=C/CCCCCC(=O)OC(CCCCCCCCCCCCCCCCC)CC(=O)NC(CO)C(O)CCCCCCCCCCC. The van der Waals surface area contributed by atoms with Crippen molar-refractivity contribution in [2.24, 2.45) is 0 Å². The van der Waals surface area contributed by atoms with Gasteiger partial charge in [0.2, 0.25) is 5.91 Å². The van der Waals surface area contributed by atoms with Crippen molar-refractivity contribution in [3.63, 3.8) is 0 Å². The molecule has 336 valence electrons. The molecule has 0 saturated heterocycles. The van der Waals surface area contributed by atoms with E-state index in [9.17, 15) is 19.8 Å². The normalized spacial score (nSPS) is 13.8. The molecule has 0 bridgehead atoms. The topological polar surface area (TPSA) is 95.9 Å². The second-order valence-electron chi connectivity index (χ2n) is 16.6. The first-order valence-electron chi connectivity index (χ1n) is 24.6. The van der Waals surface area contributed by atoms with Crippen molar-refractivity contribution >= 4 is 11.9 Å². The van der Waals surface area contributed by atoms with Gasteiger partial charge in [-0.1, -0.05) is 236 Å². The van der Waals surface area contributed by atoms with Crippen LogP contribution in [-0.4, -0.2) is 46.9 Å². The Labute approximate surface area is 358 Å². The molecule has 3 N–H and O–H groups in total. The van der Waals surface area contributed by atoms with Gasteiger partial charge in [-0.2, -0.15) is 0 Å². The van der Waals surface area contributed by atoms with Crippen molar-refractivity contribution in [2.45, 2.75) is 251 Å².